The van der Waals surface area contributed by atoms with Crippen molar-refractivity contribution in [3.8, 4) is 0 Å². The lowest BCUT2D eigenvalue weighted by Crippen LogP contribution is -2.49. The molecule has 0 aliphatic carbocycles. The summed E-state index contributed by atoms with van der Waals surface area (Å²) in [5, 5.41) is 0. The van der Waals surface area contributed by atoms with Gasteiger partial charge in [0.25, 0.3) is 0 Å². The third kappa shape index (κ3) is 5.57. The fraction of sp³-hybridized carbons (Fsp3) is 0.435. The first-order valence-corrected chi connectivity index (χ1v) is 9.48. The molecule has 1 heterocycles. The maximum Gasteiger partial charge on any atom is 0.226 e. The van der Waals surface area contributed by atoms with Crippen molar-refractivity contribution in [2.45, 2.75) is 51.5 Å². The zero-order valence-electron chi connectivity index (χ0n) is 18.9. The van der Waals surface area contributed by atoms with Crippen molar-refractivity contribution < 1.29 is 8.91 Å². The Morgan fingerprint density at radius 3 is 2.30 bits per heavy atom. The number of carbonyl (C=O) groups excluding carboxylic acids is 1. The number of halogens is 1. The fourth-order valence-corrected chi connectivity index (χ4v) is 3.90. The second kappa shape index (κ2) is 10.5. The lowest BCUT2D eigenvalue weighted by molar-refractivity contribution is -0.119. The van der Waals surface area contributed by atoms with E-state index in [4.69, 9.17) is 4.11 Å². The van der Waals surface area contributed by atoms with Crippen LogP contribution in [0.5, 0.6) is 0 Å². The Morgan fingerprint density at radius 1 is 1.11 bits per heavy atom. The molecule has 1 aliphatic rings. The molecule has 3 rings (SSSR count). The Bertz CT molecular complexity index is 778. The maximum atomic E-state index is 12.9. The average molecular weight is 390 g/mol. The van der Waals surface area contributed by atoms with Crippen LogP contribution < -0.4 is 4.90 Å². The third-order valence-electron chi connectivity index (χ3n) is 5.32. The van der Waals surface area contributed by atoms with Gasteiger partial charge in [0.1, 0.15) is 0 Å². The Kier molecular flexibility index (Phi) is 6.71. The summed E-state index contributed by atoms with van der Waals surface area (Å²) >= 11 is 0. The van der Waals surface area contributed by atoms with Crippen molar-refractivity contribution in [3.05, 3.63) is 66.2 Å². The summed E-state index contributed by atoms with van der Waals surface area (Å²) in [5.41, 5.74) is 2.12. The second-order valence-electron chi connectivity index (χ2n) is 7.08. The zero-order chi connectivity index (χ0) is 20.9. The summed E-state index contributed by atoms with van der Waals surface area (Å²) in [7, 11) is 0. The summed E-state index contributed by atoms with van der Waals surface area (Å²) in [6.45, 7) is 1.81. The van der Waals surface area contributed by atoms with Gasteiger partial charge in [-0.2, -0.15) is 0 Å². The zero-order valence-corrected chi connectivity index (χ0v) is 16.7. The minimum Gasteiger partial charge on any atom is -0.309 e. The minimum absolute atomic E-state index is 0. The Hall–Kier alpha value is -1.84. The van der Waals surface area contributed by atoms with Gasteiger partial charge in [-0.25, -0.2) is 0 Å². The molecule has 146 valence electrons. The van der Waals surface area contributed by atoms with E-state index in [2.05, 4.69) is 36.1 Å². The van der Waals surface area contributed by atoms with E-state index >= 15 is 0 Å². The normalized spacial score (nSPS) is 18.5. The lowest BCUT2D eigenvalue weighted by atomic mass is 9.98. The van der Waals surface area contributed by atoms with Crippen LogP contribution in [-0.2, 0) is 11.2 Å². The monoisotopic (exact) mass is 389 g/mol. The molecule has 4 heteroatoms. The Balaban J connectivity index is 0.00000320. The van der Waals surface area contributed by atoms with Crippen molar-refractivity contribution >= 4 is 24.0 Å². The van der Waals surface area contributed by atoms with Gasteiger partial charge >= 0.3 is 0 Å². The van der Waals surface area contributed by atoms with E-state index in [1.165, 1.54) is 5.56 Å². The molecule has 2 aromatic rings. The first kappa shape index (κ1) is 17.3. The average Bonchev–Trinajstić information content (AvgIpc) is 2.69. The molecule has 3 nitrogen and oxygen atoms in total. The molecule has 1 fully saturated rings. The number of hydrogen-bond acceptors (Lipinski definition) is 2. The van der Waals surface area contributed by atoms with E-state index in [0.717, 1.165) is 38.0 Å². The maximum absolute atomic E-state index is 12.9. The van der Waals surface area contributed by atoms with Crippen LogP contribution in [0.3, 0.4) is 0 Å². The summed E-state index contributed by atoms with van der Waals surface area (Å²) in [5.74, 6) is -0.313. The fourth-order valence-electron chi connectivity index (χ4n) is 3.90. The highest BCUT2D eigenvalue weighted by molar-refractivity contribution is 5.93. The van der Waals surface area contributed by atoms with Crippen LogP contribution >= 0.6 is 12.4 Å². The first-order chi connectivity index (χ1) is 13.8. The lowest BCUT2D eigenvalue weighted by Gasteiger charge is -2.40. The molecule has 0 saturated carbocycles. The smallest absolute Gasteiger partial charge is 0.226 e. The van der Waals surface area contributed by atoms with Crippen LogP contribution in [-0.4, -0.2) is 36.0 Å². The van der Waals surface area contributed by atoms with Gasteiger partial charge in [0.15, 0.2) is 0 Å². The van der Waals surface area contributed by atoms with E-state index in [1.54, 1.807) is 4.90 Å². The van der Waals surface area contributed by atoms with Gasteiger partial charge in [0.05, 0.1) is 0 Å². The molecular weight excluding hydrogens is 356 g/mol. The standard InChI is InChI=1S/C23H30N2O.ClH/c1-3-23(26)25(21-12-8-5-9-13-21)22-14-16-24(17-15-22)19(2)18-20-10-6-4-7-11-20;/h4-13,19,22H,3,14-18H2,1-2H3;1H/i1D3;. The molecule has 1 saturated heterocycles. The van der Waals surface area contributed by atoms with Gasteiger partial charge < -0.3 is 9.80 Å². The number of amides is 1. The summed E-state index contributed by atoms with van der Waals surface area (Å²) < 4.78 is 22.5. The molecule has 1 amide bonds. The van der Waals surface area contributed by atoms with E-state index in [9.17, 15) is 4.79 Å². The highest BCUT2D eigenvalue weighted by Crippen LogP contribution is 2.25. The second-order valence-corrected chi connectivity index (χ2v) is 7.08. The molecule has 0 spiro atoms. The van der Waals surface area contributed by atoms with E-state index in [-0.39, 0.29) is 24.4 Å². The molecule has 1 aliphatic heterocycles. The van der Waals surface area contributed by atoms with Crippen molar-refractivity contribution in [2.24, 2.45) is 0 Å². The summed E-state index contributed by atoms with van der Waals surface area (Å²) in [6.07, 6.45) is 2.28. The van der Waals surface area contributed by atoms with Gasteiger partial charge in [-0.15, -0.1) is 12.4 Å². The van der Waals surface area contributed by atoms with Crippen molar-refractivity contribution in [1.29, 1.82) is 0 Å². The molecular formula is C23H31ClN2O. The number of carbonyl (C=O) groups is 1. The molecule has 1 atom stereocenters. The molecule has 2 aromatic carbocycles. The number of likely N-dealkylation sites (tertiary alicyclic amines) is 1. The van der Waals surface area contributed by atoms with Crippen molar-refractivity contribution in [2.75, 3.05) is 18.0 Å². The van der Waals surface area contributed by atoms with Crippen molar-refractivity contribution in [1.82, 2.24) is 4.90 Å². The number of para-hydroxylation sites is 1. The number of piperidine rings is 1. The van der Waals surface area contributed by atoms with Gasteiger partial charge in [0, 0.05) is 41.4 Å². The number of anilines is 1. The largest absolute Gasteiger partial charge is 0.309 e. The predicted molar refractivity (Wildman–Crippen MR) is 116 cm³/mol. The van der Waals surface area contributed by atoms with Gasteiger partial charge in [-0.05, 0) is 43.9 Å². The van der Waals surface area contributed by atoms with Crippen LogP contribution in [0.25, 0.3) is 0 Å². The third-order valence-corrected chi connectivity index (χ3v) is 5.32. The van der Waals surface area contributed by atoms with Crippen LogP contribution in [0.15, 0.2) is 60.7 Å². The highest BCUT2D eigenvalue weighted by Gasteiger charge is 2.29. The van der Waals surface area contributed by atoms with E-state index in [0.29, 0.717) is 6.04 Å². The molecule has 0 N–H and O–H groups in total. The number of rotatable bonds is 6. The van der Waals surface area contributed by atoms with Crippen LogP contribution in [0, 0.1) is 0 Å². The molecule has 27 heavy (non-hydrogen) atoms. The van der Waals surface area contributed by atoms with Gasteiger partial charge in [0.2, 0.25) is 5.91 Å². The predicted octanol–water partition coefficient (Wildman–Crippen LogP) is 4.95. The Morgan fingerprint density at radius 2 is 1.70 bits per heavy atom. The first-order valence-electron chi connectivity index (χ1n) is 11.0. The summed E-state index contributed by atoms with van der Waals surface area (Å²) in [6, 6.07) is 20.4. The minimum atomic E-state index is -2.25. The number of benzene rings is 2. The number of hydrogen-bond donors (Lipinski definition) is 0. The molecule has 0 bridgehead atoms. The van der Waals surface area contributed by atoms with E-state index in [1.807, 2.05) is 36.4 Å². The Labute approximate surface area is 174 Å². The highest BCUT2D eigenvalue weighted by atomic mass is 35.5. The summed E-state index contributed by atoms with van der Waals surface area (Å²) in [4.78, 5) is 17.1. The van der Waals surface area contributed by atoms with Crippen LogP contribution in [0.4, 0.5) is 5.69 Å². The topological polar surface area (TPSA) is 23.6 Å². The SMILES string of the molecule is Cl.[2H]C([2H])([2H])CC(=O)N(c1ccccc1)C1CCN(C(C)Cc2ccccc2)CC1. The molecule has 0 radical (unpaired) electrons. The van der Waals surface area contributed by atoms with Crippen LogP contribution in [0.2, 0.25) is 0 Å². The molecule has 1 unspecified atom stereocenters. The molecule has 0 aromatic heterocycles. The van der Waals surface area contributed by atoms with Gasteiger partial charge in [-0.1, -0.05) is 55.4 Å². The number of nitrogens with zero attached hydrogens (tertiary/aromatic N) is 2. The van der Waals surface area contributed by atoms with Crippen molar-refractivity contribution in [3.63, 3.8) is 0 Å². The van der Waals surface area contributed by atoms with Crippen LogP contribution in [0.1, 0.15) is 42.7 Å². The quantitative estimate of drug-likeness (QED) is 0.698. The van der Waals surface area contributed by atoms with Gasteiger partial charge in [-0.3, -0.25) is 4.79 Å². The van der Waals surface area contributed by atoms with E-state index < -0.39 is 13.3 Å².